The molecule has 2 atom stereocenters. The zero-order chi connectivity index (χ0) is 23.2. The van der Waals surface area contributed by atoms with Gasteiger partial charge in [0.2, 0.25) is 5.91 Å². The van der Waals surface area contributed by atoms with Gasteiger partial charge in [0.1, 0.15) is 18.2 Å². The number of nitrogens with zero attached hydrogens (tertiary/aromatic N) is 3. The molecular formula is C26H27N5O2. The Morgan fingerprint density at radius 3 is 2.45 bits per heavy atom. The lowest BCUT2D eigenvalue weighted by Gasteiger charge is -2.23. The van der Waals surface area contributed by atoms with Gasteiger partial charge in [-0.25, -0.2) is 9.97 Å². The van der Waals surface area contributed by atoms with Gasteiger partial charge in [0.05, 0.1) is 11.0 Å². The van der Waals surface area contributed by atoms with Crippen molar-refractivity contribution in [3.63, 3.8) is 0 Å². The van der Waals surface area contributed by atoms with Crippen molar-refractivity contribution in [3.05, 3.63) is 90.4 Å². The van der Waals surface area contributed by atoms with Crippen LogP contribution in [0.4, 0.5) is 0 Å². The van der Waals surface area contributed by atoms with Gasteiger partial charge in [0.25, 0.3) is 5.91 Å². The maximum absolute atomic E-state index is 12.9. The zero-order valence-electron chi connectivity index (χ0n) is 18.7. The number of rotatable bonds is 8. The standard InChI is InChI=1S/C26H27N5O2/c1-3-18(2)24(30-25(32)20-9-5-4-6-10-20)26(33)28-16-19-13-14-23(27-15-19)31-17-29-21-11-7-8-12-22(21)31/h4-15,17-18,24H,3,16H2,1-2H3,(H,28,33)(H,30,32). The highest BCUT2D eigenvalue weighted by Crippen LogP contribution is 2.16. The van der Waals surface area contributed by atoms with E-state index in [-0.39, 0.29) is 17.7 Å². The van der Waals surface area contributed by atoms with E-state index in [2.05, 4.69) is 20.6 Å². The van der Waals surface area contributed by atoms with Crippen molar-refractivity contribution in [1.82, 2.24) is 25.2 Å². The predicted molar refractivity (Wildman–Crippen MR) is 128 cm³/mol. The Labute approximate surface area is 192 Å². The van der Waals surface area contributed by atoms with Crippen LogP contribution in [0, 0.1) is 5.92 Å². The second-order valence-electron chi connectivity index (χ2n) is 8.05. The number of aromatic nitrogens is 3. The van der Waals surface area contributed by atoms with E-state index >= 15 is 0 Å². The van der Waals surface area contributed by atoms with Gasteiger partial charge in [0.15, 0.2) is 0 Å². The first-order valence-corrected chi connectivity index (χ1v) is 11.1. The third kappa shape index (κ3) is 5.09. The van der Waals surface area contributed by atoms with Crippen molar-refractivity contribution in [1.29, 1.82) is 0 Å². The SMILES string of the molecule is CCC(C)C(NC(=O)c1ccccc1)C(=O)NCc1ccc(-n2cnc3ccccc32)nc1. The van der Waals surface area contributed by atoms with Crippen molar-refractivity contribution in [2.24, 2.45) is 5.92 Å². The Morgan fingerprint density at radius 2 is 1.73 bits per heavy atom. The normalized spacial score (nSPS) is 12.8. The second kappa shape index (κ2) is 10.1. The van der Waals surface area contributed by atoms with Crippen molar-refractivity contribution >= 4 is 22.8 Å². The fourth-order valence-corrected chi connectivity index (χ4v) is 3.62. The summed E-state index contributed by atoms with van der Waals surface area (Å²) in [5.74, 6) is 0.284. The monoisotopic (exact) mass is 441 g/mol. The molecule has 4 rings (SSSR count). The number of para-hydroxylation sites is 2. The number of carbonyl (C=O) groups is 2. The molecule has 2 unspecified atom stereocenters. The highest BCUT2D eigenvalue weighted by molar-refractivity contribution is 5.97. The molecule has 7 heteroatoms. The highest BCUT2D eigenvalue weighted by atomic mass is 16.2. The third-order valence-corrected chi connectivity index (χ3v) is 5.79. The minimum atomic E-state index is -0.618. The number of imidazole rings is 1. The van der Waals surface area contributed by atoms with Crippen molar-refractivity contribution < 1.29 is 9.59 Å². The summed E-state index contributed by atoms with van der Waals surface area (Å²) < 4.78 is 1.93. The summed E-state index contributed by atoms with van der Waals surface area (Å²) >= 11 is 0. The number of fused-ring (bicyclic) bond motifs is 1. The first kappa shape index (κ1) is 22.2. The lowest BCUT2D eigenvalue weighted by Crippen LogP contribution is -2.50. The van der Waals surface area contributed by atoms with E-state index in [4.69, 9.17) is 0 Å². The summed E-state index contributed by atoms with van der Waals surface area (Å²) in [4.78, 5) is 34.4. The molecule has 168 valence electrons. The maximum Gasteiger partial charge on any atom is 0.251 e. The molecule has 0 saturated heterocycles. The van der Waals surface area contributed by atoms with Gasteiger partial charge in [-0.15, -0.1) is 0 Å². The van der Waals surface area contributed by atoms with Crippen LogP contribution >= 0.6 is 0 Å². The lowest BCUT2D eigenvalue weighted by atomic mass is 9.97. The van der Waals surface area contributed by atoms with Crippen LogP contribution in [-0.4, -0.2) is 32.4 Å². The van der Waals surface area contributed by atoms with E-state index in [0.29, 0.717) is 12.1 Å². The van der Waals surface area contributed by atoms with E-state index < -0.39 is 6.04 Å². The van der Waals surface area contributed by atoms with Gasteiger partial charge in [-0.05, 0) is 41.8 Å². The van der Waals surface area contributed by atoms with Gasteiger partial charge < -0.3 is 10.6 Å². The Kier molecular flexibility index (Phi) is 6.78. The molecule has 0 bridgehead atoms. The van der Waals surface area contributed by atoms with E-state index in [1.807, 2.05) is 60.9 Å². The average molecular weight is 442 g/mol. The summed E-state index contributed by atoms with van der Waals surface area (Å²) in [6.07, 6.45) is 4.26. The number of carbonyl (C=O) groups excluding carboxylic acids is 2. The van der Waals surface area contributed by atoms with E-state index in [9.17, 15) is 9.59 Å². The van der Waals surface area contributed by atoms with Crippen molar-refractivity contribution in [2.45, 2.75) is 32.9 Å². The zero-order valence-corrected chi connectivity index (χ0v) is 18.7. The van der Waals surface area contributed by atoms with Gasteiger partial charge in [-0.2, -0.15) is 0 Å². The molecule has 0 fully saturated rings. The highest BCUT2D eigenvalue weighted by Gasteiger charge is 2.26. The molecule has 7 nitrogen and oxygen atoms in total. The number of nitrogens with one attached hydrogen (secondary N) is 2. The Bertz CT molecular complexity index is 1230. The molecular weight excluding hydrogens is 414 g/mol. The fourth-order valence-electron chi connectivity index (χ4n) is 3.62. The molecule has 0 saturated carbocycles. The van der Waals surface area contributed by atoms with Crippen LogP contribution in [0.25, 0.3) is 16.9 Å². The topological polar surface area (TPSA) is 88.9 Å². The van der Waals surface area contributed by atoms with Gasteiger partial charge in [-0.1, -0.05) is 56.7 Å². The molecule has 2 aromatic carbocycles. The van der Waals surface area contributed by atoms with Crippen LogP contribution in [0.3, 0.4) is 0 Å². The van der Waals surface area contributed by atoms with Gasteiger partial charge in [-0.3, -0.25) is 14.2 Å². The third-order valence-electron chi connectivity index (χ3n) is 5.79. The van der Waals surface area contributed by atoms with Crippen molar-refractivity contribution in [3.8, 4) is 5.82 Å². The molecule has 2 heterocycles. The van der Waals surface area contributed by atoms with Crippen LogP contribution in [-0.2, 0) is 11.3 Å². The number of benzene rings is 2. The largest absolute Gasteiger partial charge is 0.350 e. The molecule has 0 radical (unpaired) electrons. The summed E-state index contributed by atoms with van der Waals surface area (Å²) in [5.41, 5.74) is 3.29. The minimum Gasteiger partial charge on any atom is -0.350 e. The molecule has 33 heavy (non-hydrogen) atoms. The number of amides is 2. The molecule has 2 amide bonds. The van der Waals surface area contributed by atoms with Gasteiger partial charge >= 0.3 is 0 Å². The van der Waals surface area contributed by atoms with Crippen LogP contribution in [0.2, 0.25) is 0 Å². The maximum atomic E-state index is 12.9. The van der Waals surface area contributed by atoms with E-state index in [1.54, 1.807) is 36.8 Å². The van der Waals surface area contributed by atoms with Crippen LogP contribution in [0.1, 0.15) is 36.2 Å². The predicted octanol–water partition coefficient (Wildman–Crippen LogP) is 3.88. The summed E-state index contributed by atoms with van der Waals surface area (Å²) in [6.45, 7) is 4.29. The fraction of sp³-hybridized carbons (Fsp3) is 0.231. The lowest BCUT2D eigenvalue weighted by molar-refractivity contribution is -0.124. The first-order valence-electron chi connectivity index (χ1n) is 11.1. The molecule has 0 aliphatic carbocycles. The molecule has 0 spiro atoms. The Hall–Kier alpha value is -4.00. The minimum absolute atomic E-state index is 0.00677. The Balaban J connectivity index is 1.41. The van der Waals surface area contributed by atoms with Crippen LogP contribution in [0.5, 0.6) is 0 Å². The summed E-state index contributed by atoms with van der Waals surface area (Å²) in [5, 5.41) is 5.83. The van der Waals surface area contributed by atoms with Gasteiger partial charge in [0, 0.05) is 18.3 Å². The van der Waals surface area contributed by atoms with Crippen LogP contribution < -0.4 is 10.6 Å². The van der Waals surface area contributed by atoms with Crippen LogP contribution in [0.15, 0.2) is 79.3 Å². The smallest absolute Gasteiger partial charge is 0.251 e. The number of pyridine rings is 1. The summed E-state index contributed by atoms with van der Waals surface area (Å²) in [6, 6.07) is 20.0. The van der Waals surface area contributed by atoms with E-state index in [0.717, 1.165) is 28.8 Å². The molecule has 2 N–H and O–H groups in total. The second-order valence-corrected chi connectivity index (χ2v) is 8.05. The van der Waals surface area contributed by atoms with E-state index in [1.165, 1.54) is 0 Å². The molecule has 0 aliphatic heterocycles. The molecule has 4 aromatic rings. The Morgan fingerprint density at radius 1 is 0.970 bits per heavy atom. The molecule has 0 aliphatic rings. The molecule has 2 aromatic heterocycles. The summed E-state index contributed by atoms with van der Waals surface area (Å²) in [7, 11) is 0. The quantitative estimate of drug-likeness (QED) is 0.434. The average Bonchev–Trinajstić information content (AvgIpc) is 3.30. The first-order chi connectivity index (χ1) is 16.1. The number of hydrogen-bond acceptors (Lipinski definition) is 4. The van der Waals surface area contributed by atoms with Crippen molar-refractivity contribution in [2.75, 3.05) is 0 Å². The number of hydrogen-bond donors (Lipinski definition) is 2.